The number of hydrogen-bond donors (Lipinski definition) is 1. The second kappa shape index (κ2) is 3.28. The Morgan fingerprint density at radius 2 is 1.81 bits per heavy atom. The molecule has 0 spiro atoms. The van der Waals surface area contributed by atoms with Crippen LogP contribution in [-0.2, 0) is 14.3 Å². The number of fused-ring (bicyclic) bond motifs is 5. The molecule has 2 bridgehead atoms. The van der Waals surface area contributed by atoms with Gasteiger partial charge in [-0.25, -0.2) is 0 Å². The Labute approximate surface area is 93.4 Å². The second-order valence-corrected chi connectivity index (χ2v) is 4.92. The molecule has 0 aromatic rings. The summed E-state index contributed by atoms with van der Waals surface area (Å²) in [5, 5.41) is 9.06. The van der Waals surface area contributed by atoms with Crippen LogP contribution < -0.4 is 0 Å². The lowest BCUT2D eigenvalue weighted by Gasteiger charge is -2.22. The number of hydrogen-bond acceptors (Lipinski definition) is 4. The third kappa shape index (κ3) is 1.07. The minimum absolute atomic E-state index is 0.0673. The number of aliphatic hydroxyl groups excluding tert-OH is 1. The third-order valence-electron chi connectivity index (χ3n) is 4.02. The van der Waals surface area contributed by atoms with Crippen LogP contribution in [0.4, 0.5) is 0 Å². The van der Waals surface area contributed by atoms with Gasteiger partial charge in [-0.05, 0) is 19.8 Å². The summed E-state index contributed by atoms with van der Waals surface area (Å²) >= 11 is 0. The highest BCUT2D eigenvalue weighted by Gasteiger charge is 2.62. The summed E-state index contributed by atoms with van der Waals surface area (Å²) in [6.07, 6.45) is 1.63. The summed E-state index contributed by atoms with van der Waals surface area (Å²) in [4.78, 5) is 25.4. The predicted octanol–water partition coefficient (Wildman–Crippen LogP) is -0.470. The van der Waals surface area contributed by atoms with Crippen molar-refractivity contribution in [3.8, 4) is 0 Å². The molecule has 1 N–H and O–H groups in total. The molecule has 5 atom stereocenters. The first-order valence-electron chi connectivity index (χ1n) is 5.78. The topological polar surface area (TPSA) is 66.8 Å². The number of imide groups is 1. The lowest BCUT2D eigenvalue weighted by atomic mass is 9.81. The molecule has 3 aliphatic heterocycles. The number of rotatable bonds is 2. The van der Waals surface area contributed by atoms with Crippen molar-refractivity contribution in [2.45, 2.75) is 38.0 Å². The molecule has 3 aliphatic rings. The highest BCUT2D eigenvalue weighted by atomic mass is 16.5. The van der Waals surface area contributed by atoms with Gasteiger partial charge >= 0.3 is 0 Å². The first-order chi connectivity index (χ1) is 7.65. The Balaban J connectivity index is 1.92. The van der Waals surface area contributed by atoms with Crippen molar-refractivity contribution in [1.29, 1.82) is 0 Å². The fourth-order valence-electron chi connectivity index (χ4n) is 3.25. The molecule has 88 valence electrons. The molecule has 3 fully saturated rings. The van der Waals surface area contributed by atoms with Gasteiger partial charge in [-0.2, -0.15) is 0 Å². The van der Waals surface area contributed by atoms with Crippen LogP contribution in [0.1, 0.15) is 19.8 Å². The lowest BCUT2D eigenvalue weighted by Crippen LogP contribution is -2.42. The van der Waals surface area contributed by atoms with Crippen LogP contribution in [0, 0.1) is 11.8 Å². The zero-order valence-electron chi connectivity index (χ0n) is 9.13. The van der Waals surface area contributed by atoms with Gasteiger partial charge in [0.2, 0.25) is 11.8 Å². The summed E-state index contributed by atoms with van der Waals surface area (Å²) in [5.41, 5.74) is 0. The summed E-state index contributed by atoms with van der Waals surface area (Å²) in [7, 11) is 0. The standard InChI is InChI=1S/C11H15NO4/c1-5(4-13)12-10(14)8-6-2-3-7(16-6)9(8)11(12)15/h5-9,13H,2-4H2,1H3/t5?,6-,7+,8?,9?. The second-order valence-electron chi connectivity index (χ2n) is 4.92. The Hall–Kier alpha value is -0.940. The molecule has 3 rings (SSSR count). The van der Waals surface area contributed by atoms with E-state index in [4.69, 9.17) is 9.84 Å². The summed E-state index contributed by atoms with van der Waals surface area (Å²) < 4.78 is 5.61. The van der Waals surface area contributed by atoms with E-state index in [1.54, 1.807) is 6.92 Å². The zero-order chi connectivity index (χ0) is 11.4. The van der Waals surface area contributed by atoms with E-state index in [-0.39, 0.29) is 42.5 Å². The largest absolute Gasteiger partial charge is 0.394 e. The molecular weight excluding hydrogens is 210 g/mol. The fraction of sp³-hybridized carbons (Fsp3) is 0.818. The van der Waals surface area contributed by atoms with Crippen LogP contribution in [0.15, 0.2) is 0 Å². The molecule has 0 aromatic heterocycles. The normalized spacial score (nSPS) is 43.0. The van der Waals surface area contributed by atoms with Gasteiger partial charge in [0.05, 0.1) is 36.7 Å². The Kier molecular flexibility index (Phi) is 2.09. The van der Waals surface area contributed by atoms with Crippen LogP contribution in [0.5, 0.6) is 0 Å². The first kappa shape index (κ1) is 10.2. The smallest absolute Gasteiger partial charge is 0.236 e. The van der Waals surface area contributed by atoms with E-state index in [9.17, 15) is 9.59 Å². The summed E-state index contributed by atoms with van der Waals surface area (Å²) in [6, 6.07) is -0.412. The molecule has 5 nitrogen and oxygen atoms in total. The molecule has 0 aliphatic carbocycles. The average molecular weight is 225 g/mol. The number of likely N-dealkylation sites (tertiary alicyclic amines) is 1. The predicted molar refractivity (Wildman–Crippen MR) is 53.3 cm³/mol. The molecule has 3 saturated heterocycles. The molecule has 5 heteroatoms. The van der Waals surface area contributed by atoms with Crippen LogP contribution in [-0.4, -0.2) is 46.7 Å². The number of nitrogens with zero attached hydrogens (tertiary/aromatic N) is 1. The van der Waals surface area contributed by atoms with Crippen LogP contribution in [0.25, 0.3) is 0 Å². The van der Waals surface area contributed by atoms with Crippen molar-refractivity contribution >= 4 is 11.8 Å². The maximum atomic E-state index is 12.1. The quantitative estimate of drug-likeness (QED) is 0.645. The maximum Gasteiger partial charge on any atom is 0.236 e. The number of carbonyl (C=O) groups excluding carboxylic acids is 2. The number of aliphatic hydroxyl groups is 1. The van der Waals surface area contributed by atoms with Crippen molar-refractivity contribution in [1.82, 2.24) is 4.90 Å². The average Bonchev–Trinajstić information content (AvgIpc) is 2.92. The number of carbonyl (C=O) groups is 2. The maximum absolute atomic E-state index is 12.1. The molecule has 3 heterocycles. The molecule has 3 unspecified atom stereocenters. The summed E-state index contributed by atoms with van der Waals surface area (Å²) in [6.45, 7) is 1.52. The van der Waals surface area contributed by atoms with E-state index in [2.05, 4.69) is 0 Å². The van der Waals surface area contributed by atoms with Crippen LogP contribution in [0.2, 0.25) is 0 Å². The van der Waals surface area contributed by atoms with E-state index < -0.39 is 6.04 Å². The minimum atomic E-state index is -0.412. The van der Waals surface area contributed by atoms with E-state index in [1.807, 2.05) is 0 Å². The van der Waals surface area contributed by atoms with Crippen molar-refractivity contribution in [2.75, 3.05) is 6.61 Å². The van der Waals surface area contributed by atoms with Gasteiger partial charge in [-0.15, -0.1) is 0 Å². The van der Waals surface area contributed by atoms with Crippen molar-refractivity contribution in [2.24, 2.45) is 11.8 Å². The van der Waals surface area contributed by atoms with Gasteiger partial charge in [-0.1, -0.05) is 0 Å². The highest BCUT2D eigenvalue weighted by molar-refractivity contribution is 6.06. The number of amides is 2. The zero-order valence-corrected chi connectivity index (χ0v) is 9.13. The Morgan fingerprint density at radius 1 is 1.31 bits per heavy atom. The lowest BCUT2D eigenvalue weighted by molar-refractivity contribution is -0.145. The van der Waals surface area contributed by atoms with Gasteiger partial charge in [0.1, 0.15) is 0 Å². The van der Waals surface area contributed by atoms with Gasteiger partial charge in [0.15, 0.2) is 0 Å². The van der Waals surface area contributed by atoms with E-state index in [0.717, 1.165) is 12.8 Å². The minimum Gasteiger partial charge on any atom is -0.394 e. The van der Waals surface area contributed by atoms with Gasteiger partial charge in [0.25, 0.3) is 0 Å². The molecule has 0 saturated carbocycles. The molecule has 16 heavy (non-hydrogen) atoms. The molecular formula is C11H15NO4. The molecule has 0 aromatic carbocycles. The van der Waals surface area contributed by atoms with E-state index in [0.29, 0.717) is 0 Å². The van der Waals surface area contributed by atoms with E-state index in [1.165, 1.54) is 4.90 Å². The van der Waals surface area contributed by atoms with Crippen molar-refractivity contribution < 1.29 is 19.4 Å². The van der Waals surface area contributed by atoms with Gasteiger partial charge in [-0.3, -0.25) is 14.5 Å². The Bertz CT molecular complexity index is 328. The fourth-order valence-corrected chi connectivity index (χ4v) is 3.25. The van der Waals surface area contributed by atoms with Crippen LogP contribution in [0.3, 0.4) is 0 Å². The number of ether oxygens (including phenoxy) is 1. The van der Waals surface area contributed by atoms with Crippen LogP contribution >= 0.6 is 0 Å². The molecule has 2 amide bonds. The monoisotopic (exact) mass is 225 g/mol. The van der Waals surface area contributed by atoms with Gasteiger partial charge in [0, 0.05) is 0 Å². The van der Waals surface area contributed by atoms with E-state index >= 15 is 0 Å². The summed E-state index contributed by atoms with van der Waals surface area (Å²) in [5.74, 6) is -0.854. The highest BCUT2D eigenvalue weighted by Crippen LogP contribution is 2.48. The molecule has 0 radical (unpaired) electrons. The SMILES string of the molecule is CC(CO)N1C(=O)C2C(C1=O)[C@H]1CC[C@@H]2O1. The van der Waals surface area contributed by atoms with Crippen molar-refractivity contribution in [3.63, 3.8) is 0 Å². The Morgan fingerprint density at radius 3 is 2.25 bits per heavy atom. The third-order valence-corrected chi connectivity index (χ3v) is 4.02. The van der Waals surface area contributed by atoms with Gasteiger partial charge < -0.3 is 9.84 Å². The van der Waals surface area contributed by atoms with Crippen molar-refractivity contribution in [3.05, 3.63) is 0 Å². The first-order valence-corrected chi connectivity index (χ1v) is 5.78.